The number of nitrogen functional groups attached to an aromatic ring is 1. The molecule has 0 atom stereocenters. The fourth-order valence-electron chi connectivity index (χ4n) is 3.12. The molecule has 0 spiro atoms. The highest BCUT2D eigenvalue weighted by Gasteiger charge is 2.22. The number of para-hydroxylation sites is 1. The van der Waals surface area contributed by atoms with Gasteiger partial charge in [-0.3, -0.25) is 4.79 Å². The first-order chi connectivity index (χ1) is 12.0. The molecule has 0 saturated carbocycles. The summed E-state index contributed by atoms with van der Waals surface area (Å²) in [6.45, 7) is 0. The smallest absolute Gasteiger partial charge is 0.337 e. The van der Waals surface area contributed by atoms with Gasteiger partial charge in [0, 0.05) is 11.1 Å². The van der Waals surface area contributed by atoms with E-state index >= 15 is 0 Å². The molecule has 0 saturated heterocycles. The van der Waals surface area contributed by atoms with Crippen LogP contribution in [0, 0.1) is 0 Å². The summed E-state index contributed by atoms with van der Waals surface area (Å²) in [5.74, 6) is -1.52. The number of carboxylic acids is 1. The minimum Gasteiger partial charge on any atom is -0.478 e. The molecule has 6 nitrogen and oxygen atoms in total. The topological polar surface area (TPSA) is 105 Å². The van der Waals surface area contributed by atoms with E-state index in [2.05, 4.69) is 10.3 Å². The average Bonchev–Trinajstić information content (AvgIpc) is 3.17. The Morgan fingerprint density at radius 3 is 2.84 bits per heavy atom. The Morgan fingerprint density at radius 2 is 2.04 bits per heavy atom. The molecule has 1 amide bonds. The second kappa shape index (κ2) is 5.86. The van der Waals surface area contributed by atoms with Gasteiger partial charge in [-0.1, -0.05) is 12.1 Å². The van der Waals surface area contributed by atoms with Crippen LogP contribution in [0.5, 0.6) is 0 Å². The Balaban J connectivity index is 1.71. The molecule has 2 aromatic heterocycles. The van der Waals surface area contributed by atoms with Crippen molar-refractivity contribution in [2.75, 3.05) is 11.1 Å². The lowest BCUT2D eigenvalue weighted by atomic mass is 10.1. The van der Waals surface area contributed by atoms with Crippen LogP contribution in [0.4, 0.5) is 11.4 Å². The van der Waals surface area contributed by atoms with Crippen molar-refractivity contribution in [2.45, 2.75) is 19.3 Å². The number of carbonyl (C=O) groups is 2. The third-order valence-electron chi connectivity index (χ3n) is 4.36. The number of aryl methyl sites for hydroxylation is 2. The fraction of sp³-hybridized carbons (Fsp3) is 0.167. The first kappa shape index (κ1) is 15.6. The van der Waals surface area contributed by atoms with E-state index in [1.807, 2.05) is 6.07 Å². The van der Waals surface area contributed by atoms with Crippen LogP contribution in [-0.2, 0) is 12.8 Å². The Morgan fingerprint density at radius 1 is 1.24 bits per heavy atom. The summed E-state index contributed by atoms with van der Waals surface area (Å²) in [4.78, 5) is 29.6. The molecule has 1 aliphatic rings. The largest absolute Gasteiger partial charge is 0.478 e. The van der Waals surface area contributed by atoms with Gasteiger partial charge in [0.25, 0.3) is 5.91 Å². The second-order valence-electron chi connectivity index (χ2n) is 5.95. The zero-order valence-electron chi connectivity index (χ0n) is 13.2. The van der Waals surface area contributed by atoms with Gasteiger partial charge in [0.15, 0.2) is 0 Å². The summed E-state index contributed by atoms with van der Waals surface area (Å²) < 4.78 is 0. The summed E-state index contributed by atoms with van der Waals surface area (Å²) in [5.41, 5.74) is 9.13. The highest BCUT2D eigenvalue weighted by molar-refractivity contribution is 7.21. The molecular weight excluding hydrogens is 338 g/mol. The number of hydrogen-bond donors (Lipinski definition) is 3. The van der Waals surface area contributed by atoms with Gasteiger partial charge >= 0.3 is 5.97 Å². The summed E-state index contributed by atoms with van der Waals surface area (Å²) >= 11 is 1.24. The summed E-state index contributed by atoms with van der Waals surface area (Å²) in [7, 11) is 0. The maximum atomic E-state index is 12.6. The molecule has 4 N–H and O–H groups in total. The Hall–Kier alpha value is -2.93. The Labute approximate surface area is 147 Å². The van der Waals surface area contributed by atoms with Gasteiger partial charge in [-0.25, -0.2) is 9.78 Å². The van der Waals surface area contributed by atoms with E-state index < -0.39 is 11.9 Å². The van der Waals surface area contributed by atoms with Gasteiger partial charge in [0.2, 0.25) is 0 Å². The number of aromatic carboxylic acids is 1. The van der Waals surface area contributed by atoms with E-state index in [0.717, 1.165) is 35.2 Å². The number of thiophene rings is 1. The van der Waals surface area contributed by atoms with Crippen LogP contribution >= 0.6 is 11.3 Å². The van der Waals surface area contributed by atoms with Gasteiger partial charge in [-0.15, -0.1) is 11.3 Å². The van der Waals surface area contributed by atoms with Crippen LogP contribution < -0.4 is 11.1 Å². The van der Waals surface area contributed by atoms with Crippen LogP contribution in [0.25, 0.3) is 10.2 Å². The number of hydrogen-bond acceptors (Lipinski definition) is 5. The number of amides is 1. The summed E-state index contributed by atoms with van der Waals surface area (Å²) in [6, 6.07) is 8.30. The number of carboxylic acid groups (broad SMARTS) is 1. The SMILES string of the molecule is Nc1c(C(=O)Nc2ccccc2C(=O)O)sc2nc3c(cc12)CCC3. The summed E-state index contributed by atoms with van der Waals surface area (Å²) in [5, 5.41) is 12.7. The second-order valence-corrected chi connectivity index (χ2v) is 6.95. The van der Waals surface area contributed by atoms with Gasteiger partial charge in [-0.2, -0.15) is 0 Å². The van der Waals surface area contributed by atoms with Gasteiger partial charge in [0.05, 0.1) is 16.9 Å². The minimum absolute atomic E-state index is 0.0348. The number of carbonyl (C=O) groups excluding carboxylic acids is 1. The lowest BCUT2D eigenvalue weighted by molar-refractivity contribution is 0.0698. The van der Waals surface area contributed by atoms with Crippen LogP contribution in [0.1, 0.15) is 37.7 Å². The maximum absolute atomic E-state index is 12.6. The Bertz CT molecular complexity index is 1030. The van der Waals surface area contributed by atoms with Crippen LogP contribution in [0.15, 0.2) is 30.3 Å². The number of benzene rings is 1. The van der Waals surface area contributed by atoms with Crippen molar-refractivity contribution < 1.29 is 14.7 Å². The first-order valence-corrected chi connectivity index (χ1v) is 8.70. The van der Waals surface area contributed by atoms with Crippen LogP contribution in [-0.4, -0.2) is 22.0 Å². The van der Waals surface area contributed by atoms with Gasteiger partial charge in [0.1, 0.15) is 9.71 Å². The monoisotopic (exact) mass is 353 g/mol. The molecule has 0 aliphatic heterocycles. The molecule has 0 bridgehead atoms. The van der Waals surface area contributed by atoms with Crippen molar-refractivity contribution in [3.05, 3.63) is 52.0 Å². The Kier molecular flexibility index (Phi) is 3.65. The number of nitrogens with zero attached hydrogens (tertiary/aromatic N) is 1. The number of rotatable bonds is 3. The number of fused-ring (bicyclic) bond motifs is 2. The van der Waals surface area contributed by atoms with Crippen molar-refractivity contribution in [3.63, 3.8) is 0 Å². The number of anilines is 2. The molecule has 25 heavy (non-hydrogen) atoms. The zero-order valence-corrected chi connectivity index (χ0v) is 14.0. The molecule has 0 unspecified atom stereocenters. The number of nitrogens with one attached hydrogen (secondary N) is 1. The zero-order chi connectivity index (χ0) is 17.6. The molecule has 4 rings (SSSR count). The van der Waals surface area contributed by atoms with E-state index in [1.54, 1.807) is 18.2 Å². The lowest BCUT2D eigenvalue weighted by Gasteiger charge is -2.07. The van der Waals surface area contributed by atoms with E-state index in [9.17, 15) is 14.7 Å². The van der Waals surface area contributed by atoms with Crippen molar-refractivity contribution >= 4 is 44.8 Å². The van der Waals surface area contributed by atoms with E-state index in [4.69, 9.17) is 5.73 Å². The molecule has 126 valence electrons. The predicted molar refractivity (Wildman–Crippen MR) is 97.4 cm³/mol. The van der Waals surface area contributed by atoms with E-state index in [1.165, 1.54) is 23.0 Å². The fourth-order valence-corrected chi connectivity index (χ4v) is 4.12. The summed E-state index contributed by atoms with van der Waals surface area (Å²) in [6.07, 6.45) is 3.04. The van der Waals surface area contributed by atoms with Crippen LogP contribution in [0.3, 0.4) is 0 Å². The number of nitrogens with two attached hydrogens (primary N) is 1. The van der Waals surface area contributed by atoms with Crippen molar-refractivity contribution in [1.82, 2.24) is 4.98 Å². The maximum Gasteiger partial charge on any atom is 0.337 e. The van der Waals surface area contributed by atoms with Crippen LogP contribution in [0.2, 0.25) is 0 Å². The predicted octanol–water partition coefficient (Wildman–Crippen LogP) is 3.32. The quantitative estimate of drug-likeness (QED) is 0.670. The van der Waals surface area contributed by atoms with Gasteiger partial charge in [-0.05, 0) is 43.0 Å². The normalized spacial score (nSPS) is 13.0. The highest BCUT2D eigenvalue weighted by atomic mass is 32.1. The standard InChI is InChI=1S/C18H15N3O3S/c19-14-11-8-9-4-3-7-12(9)21-17(11)25-15(14)16(22)20-13-6-2-1-5-10(13)18(23)24/h1-2,5-6,8H,3-4,7,19H2,(H,20,22)(H,23,24). The number of aromatic nitrogens is 1. The third kappa shape index (κ3) is 2.62. The molecule has 3 aromatic rings. The van der Waals surface area contributed by atoms with Crippen molar-refractivity contribution in [1.29, 1.82) is 0 Å². The third-order valence-corrected chi connectivity index (χ3v) is 5.48. The van der Waals surface area contributed by atoms with Crippen molar-refractivity contribution in [2.24, 2.45) is 0 Å². The first-order valence-electron chi connectivity index (χ1n) is 7.89. The minimum atomic E-state index is -1.10. The highest BCUT2D eigenvalue weighted by Crippen LogP contribution is 2.36. The molecule has 1 aliphatic carbocycles. The van der Waals surface area contributed by atoms with E-state index in [0.29, 0.717) is 10.6 Å². The molecule has 1 aromatic carbocycles. The lowest BCUT2D eigenvalue weighted by Crippen LogP contribution is -2.14. The molecule has 0 radical (unpaired) electrons. The molecular formula is C18H15N3O3S. The van der Waals surface area contributed by atoms with Crippen molar-refractivity contribution in [3.8, 4) is 0 Å². The molecule has 7 heteroatoms. The molecule has 0 fully saturated rings. The van der Waals surface area contributed by atoms with Gasteiger partial charge < -0.3 is 16.2 Å². The number of pyridine rings is 1. The molecule has 2 heterocycles. The van der Waals surface area contributed by atoms with E-state index in [-0.39, 0.29) is 11.3 Å². The average molecular weight is 353 g/mol.